The molecule has 0 amide bonds. The Morgan fingerprint density at radius 1 is 1.33 bits per heavy atom. The molecule has 0 unspecified atom stereocenters. The van der Waals surface area contributed by atoms with Crippen LogP contribution in [0.3, 0.4) is 0 Å². The van der Waals surface area contributed by atoms with E-state index >= 15 is 0 Å². The molecule has 0 bridgehead atoms. The van der Waals surface area contributed by atoms with E-state index in [1.807, 2.05) is 0 Å². The predicted octanol–water partition coefficient (Wildman–Crippen LogP) is 2.45. The zero-order chi connectivity index (χ0) is 13.8. The molecule has 0 fully saturated rings. The number of nitrogens with zero attached hydrogens (tertiary/aromatic N) is 2. The molecule has 0 N–H and O–H groups in total. The SMILES string of the molecule is C[C@H]([C@@H](C)CC=C(F)F)S(=O)(=O)c1ncccn1. The van der Waals surface area contributed by atoms with Crippen molar-refractivity contribution in [2.24, 2.45) is 5.92 Å². The van der Waals surface area contributed by atoms with E-state index in [-0.39, 0.29) is 11.6 Å². The van der Waals surface area contributed by atoms with Crippen LogP contribution >= 0.6 is 0 Å². The van der Waals surface area contributed by atoms with Gasteiger partial charge in [0.25, 0.3) is 6.08 Å². The Kier molecular flexibility index (Phi) is 4.89. The highest BCUT2D eigenvalue weighted by molar-refractivity contribution is 7.91. The van der Waals surface area contributed by atoms with Crippen molar-refractivity contribution in [1.29, 1.82) is 0 Å². The normalized spacial score (nSPS) is 14.9. The van der Waals surface area contributed by atoms with E-state index in [1.54, 1.807) is 6.92 Å². The minimum absolute atomic E-state index is 0.00440. The molecule has 0 aliphatic rings. The lowest BCUT2D eigenvalue weighted by Gasteiger charge is -2.17. The lowest BCUT2D eigenvalue weighted by Crippen LogP contribution is -2.26. The predicted molar refractivity (Wildman–Crippen MR) is 62.8 cm³/mol. The van der Waals surface area contributed by atoms with E-state index in [2.05, 4.69) is 9.97 Å². The molecule has 0 saturated heterocycles. The van der Waals surface area contributed by atoms with Crippen molar-refractivity contribution in [3.63, 3.8) is 0 Å². The molecule has 18 heavy (non-hydrogen) atoms. The second kappa shape index (κ2) is 5.99. The Morgan fingerprint density at radius 3 is 2.39 bits per heavy atom. The van der Waals surface area contributed by atoms with E-state index in [0.717, 1.165) is 6.08 Å². The highest BCUT2D eigenvalue weighted by Crippen LogP contribution is 2.21. The van der Waals surface area contributed by atoms with Gasteiger partial charge in [-0.25, -0.2) is 18.4 Å². The van der Waals surface area contributed by atoms with Gasteiger partial charge in [-0.3, -0.25) is 0 Å². The van der Waals surface area contributed by atoms with Gasteiger partial charge in [-0.2, -0.15) is 8.78 Å². The maximum Gasteiger partial charge on any atom is 0.266 e. The van der Waals surface area contributed by atoms with Crippen molar-refractivity contribution < 1.29 is 17.2 Å². The summed E-state index contributed by atoms with van der Waals surface area (Å²) in [6, 6.07) is 1.51. The molecular weight excluding hydrogens is 262 g/mol. The largest absolute Gasteiger partial charge is 0.266 e. The third-order valence-electron chi connectivity index (χ3n) is 2.73. The van der Waals surface area contributed by atoms with E-state index in [4.69, 9.17) is 0 Å². The first-order chi connectivity index (χ1) is 8.35. The van der Waals surface area contributed by atoms with E-state index in [1.165, 1.54) is 25.4 Å². The van der Waals surface area contributed by atoms with Crippen molar-refractivity contribution in [3.8, 4) is 0 Å². The zero-order valence-electron chi connectivity index (χ0n) is 10.0. The molecule has 0 saturated carbocycles. The molecule has 7 heteroatoms. The molecule has 0 spiro atoms. The molecule has 1 rings (SSSR count). The summed E-state index contributed by atoms with van der Waals surface area (Å²) in [5, 5.41) is -1.09. The van der Waals surface area contributed by atoms with Crippen LogP contribution < -0.4 is 0 Å². The number of sulfone groups is 1. The van der Waals surface area contributed by atoms with Crippen molar-refractivity contribution in [2.45, 2.75) is 30.7 Å². The van der Waals surface area contributed by atoms with Crippen LogP contribution in [-0.2, 0) is 9.84 Å². The molecule has 2 atom stereocenters. The summed E-state index contributed by atoms with van der Waals surface area (Å²) in [4.78, 5) is 7.37. The second-order valence-electron chi connectivity index (χ2n) is 3.99. The molecule has 0 aliphatic heterocycles. The van der Waals surface area contributed by atoms with Crippen LogP contribution in [0, 0.1) is 5.92 Å². The molecule has 1 aromatic rings. The summed E-state index contributed by atoms with van der Waals surface area (Å²) in [5.74, 6) is -0.444. The Labute approximate surface area is 105 Å². The third-order valence-corrected chi connectivity index (χ3v) is 4.89. The molecular formula is C11H14F2N2O2S. The molecule has 0 aromatic carbocycles. The van der Waals surface area contributed by atoms with E-state index < -0.39 is 27.1 Å². The van der Waals surface area contributed by atoms with Crippen LogP contribution in [0.5, 0.6) is 0 Å². The van der Waals surface area contributed by atoms with Gasteiger partial charge in [0, 0.05) is 12.4 Å². The Morgan fingerprint density at radius 2 is 1.89 bits per heavy atom. The second-order valence-corrected chi connectivity index (χ2v) is 6.19. The molecule has 1 aromatic heterocycles. The standard InChI is InChI=1S/C11H14F2N2O2S/c1-8(4-5-10(12)13)9(2)18(16,17)11-14-6-3-7-15-11/h3,5-9H,4H2,1-2H3/t8-,9+/m0/s1. The first-order valence-corrected chi connectivity index (χ1v) is 6.92. The molecule has 4 nitrogen and oxygen atoms in total. The third kappa shape index (κ3) is 3.56. The number of hydrogen-bond acceptors (Lipinski definition) is 4. The zero-order valence-corrected chi connectivity index (χ0v) is 10.9. The summed E-state index contributed by atoms with van der Waals surface area (Å²) < 4.78 is 48.1. The van der Waals surface area contributed by atoms with Crippen LogP contribution in [0.25, 0.3) is 0 Å². The van der Waals surface area contributed by atoms with E-state index in [9.17, 15) is 17.2 Å². The van der Waals surface area contributed by atoms with Crippen LogP contribution in [-0.4, -0.2) is 23.6 Å². The van der Waals surface area contributed by atoms with E-state index in [0.29, 0.717) is 0 Å². The van der Waals surface area contributed by atoms with Gasteiger partial charge >= 0.3 is 0 Å². The topological polar surface area (TPSA) is 59.9 Å². The van der Waals surface area contributed by atoms with Crippen molar-refractivity contribution in [1.82, 2.24) is 9.97 Å². The molecule has 100 valence electrons. The molecule has 1 heterocycles. The number of halogens is 2. The van der Waals surface area contributed by atoms with Gasteiger partial charge in [-0.1, -0.05) is 6.92 Å². The van der Waals surface area contributed by atoms with Gasteiger partial charge in [0.2, 0.25) is 15.0 Å². The Hall–Kier alpha value is -1.37. The van der Waals surface area contributed by atoms with Gasteiger partial charge in [-0.15, -0.1) is 0 Å². The minimum Gasteiger partial charge on any atom is -0.227 e. The fraction of sp³-hybridized carbons (Fsp3) is 0.455. The summed E-state index contributed by atoms with van der Waals surface area (Å²) in [5.41, 5.74) is 0. The summed E-state index contributed by atoms with van der Waals surface area (Å²) in [6.07, 6.45) is 1.58. The number of hydrogen-bond donors (Lipinski definition) is 0. The van der Waals surface area contributed by atoms with Crippen LogP contribution in [0.15, 0.2) is 35.8 Å². The van der Waals surface area contributed by atoms with Gasteiger partial charge in [0.15, 0.2) is 0 Å². The van der Waals surface area contributed by atoms with Gasteiger partial charge < -0.3 is 0 Å². The fourth-order valence-corrected chi connectivity index (χ4v) is 2.84. The summed E-state index contributed by atoms with van der Waals surface area (Å²) in [6.45, 7) is 3.07. The number of allylic oxidation sites excluding steroid dienone is 1. The van der Waals surface area contributed by atoms with Crippen molar-refractivity contribution >= 4 is 9.84 Å². The Balaban J connectivity index is 2.89. The highest BCUT2D eigenvalue weighted by Gasteiger charge is 2.30. The summed E-state index contributed by atoms with van der Waals surface area (Å²) >= 11 is 0. The average Bonchev–Trinajstić information content (AvgIpc) is 2.36. The highest BCUT2D eigenvalue weighted by atomic mass is 32.2. The quantitative estimate of drug-likeness (QED) is 0.775. The van der Waals surface area contributed by atoms with Crippen LogP contribution in [0.2, 0.25) is 0 Å². The lowest BCUT2D eigenvalue weighted by atomic mass is 10.1. The first-order valence-electron chi connectivity index (χ1n) is 5.37. The Bertz CT molecular complexity index is 513. The van der Waals surface area contributed by atoms with Gasteiger partial charge in [-0.05, 0) is 31.4 Å². The minimum atomic E-state index is -3.68. The molecule has 0 radical (unpaired) electrons. The maximum atomic E-state index is 12.1. The maximum absolute atomic E-state index is 12.1. The first kappa shape index (κ1) is 14.7. The smallest absolute Gasteiger partial charge is 0.227 e. The van der Waals surface area contributed by atoms with Crippen LogP contribution in [0.1, 0.15) is 20.3 Å². The fourth-order valence-electron chi connectivity index (χ4n) is 1.37. The van der Waals surface area contributed by atoms with Crippen molar-refractivity contribution in [2.75, 3.05) is 0 Å². The summed E-state index contributed by atoms with van der Waals surface area (Å²) in [7, 11) is -3.68. The van der Waals surface area contributed by atoms with Crippen molar-refractivity contribution in [3.05, 3.63) is 30.6 Å². The number of rotatable bonds is 5. The lowest BCUT2D eigenvalue weighted by molar-refractivity contribution is 0.411. The number of aromatic nitrogens is 2. The monoisotopic (exact) mass is 276 g/mol. The molecule has 0 aliphatic carbocycles. The van der Waals surface area contributed by atoms with Gasteiger partial charge in [0.1, 0.15) is 0 Å². The van der Waals surface area contributed by atoms with Gasteiger partial charge in [0.05, 0.1) is 5.25 Å². The van der Waals surface area contributed by atoms with Crippen LogP contribution in [0.4, 0.5) is 8.78 Å². The average molecular weight is 276 g/mol.